The first-order valence-electron chi connectivity index (χ1n) is 5.27. The van der Waals surface area contributed by atoms with Crippen LogP contribution in [-0.4, -0.2) is 19.1 Å². The van der Waals surface area contributed by atoms with Crippen LogP contribution in [0.25, 0.3) is 11.5 Å². The number of nitrogens with zero attached hydrogens (tertiary/aromatic N) is 3. The Morgan fingerprint density at radius 1 is 1.24 bits per heavy atom. The lowest BCUT2D eigenvalue weighted by Gasteiger charge is -2.06. The first kappa shape index (κ1) is 11.2. The fraction of sp³-hybridized carbons (Fsp3) is 0.231. The summed E-state index contributed by atoms with van der Waals surface area (Å²) in [7, 11) is 3.64. The maximum atomic E-state index is 8.97. The molecule has 0 aliphatic rings. The van der Waals surface area contributed by atoms with Crippen LogP contribution in [0.2, 0.25) is 0 Å². The van der Waals surface area contributed by atoms with Crippen molar-refractivity contribution < 1.29 is 4.42 Å². The minimum Gasteiger partial charge on any atom is -0.419 e. The molecule has 4 heteroatoms. The molecule has 0 saturated heterocycles. The van der Waals surface area contributed by atoms with E-state index in [1.54, 1.807) is 4.90 Å². The van der Waals surface area contributed by atoms with Gasteiger partial charge in [-0.1, -0.05) is 17.7 Å². The van der Waals surface area contributed by atoms with Gasteiger partial charge in [0, 0.05) is 19.7 Å². The predicted octanol–water partition coefficient (Wildman–Crippen LogP) is 2.59. The molecule has 0 aliphatic carbocycles. The highest BCUT2D eigenvalue weighted by Crippen LogP contribution is 2.26. The molecule has 1 aromatic heterocycles. The number of benzene rings is 1. The molecular weight excluding hydrogens is 214 g/mol. The standard InChI is InChI=1S/C13H13N3O/c1-9-4-6-10(7-5-9)12-15-11(8-14)13(17-12)16(2)3/h4-7H,1-3H3. The number of oxazole rings is 1. The van der Waals surface area contributed by atoms with Gasteiger partial charge in [-0.25, -0.2) is 0 Å². The SMILES string of the molecule is Cc1ccc(-c2nc(C#N)c(N(C)C)o2)cc1. The zero-order chi connectivity index (χ0) is 12.4. The lowest BCUT2D eigenvalue weighted by molar-refractivity contribution is 0.571. The molecule has 0 aliphatic heterocycles. The number of aromatic nitrogens is 1. The van der Waals surface area contributed by atoms with Crippen LogP contribution in [0.1, 0.15) is 11.3 Å². The first-order valence-corrected chi connectivity index (χ1v) is 5.27. The van der Waals surface area contributed by atoms with Crippen molar-refractivity contribution in [1.82, 2.24) is 4.98 Å². The van der Waals surface area contributed by atoms with Crippen LogP contribution in [0.5, 0.6) is 0 Å². The van der Waals surface area contributed by atoms with E-state index in [1.807, 2.05) is 51.4 Å². The Bertz CT molecular complexity index is 561. The van der Waals surface area contributed by atoms with E-state index in [2.05, 4.69) is 4.98 Å². The largest absolute Gasteiger partial charge is 0.419 e. The fourth-order valence-corrected chi connectivity index (χ4v) is 1.51. The van der Waals surface area contributed by atoms with Gasteiger partial charge in [-0.15, -0.1) is 0 Å². The molecule has 0 amide bonds. The average Bonchev–Trinajstić information content (AvgIpc) is 2.74. The summed E-state index contributed by atoms with van der Waals surface area (Å²) in [6.45, 7) is 2.02. The van der Waals surface area contributed by atoms with Crippen molar-refractivity contribution >= 4 is 5.88 Å². The molecule has 0 atom stereocenters. The molecule has 2 aromatic rings. The Labute approximate surface area is 100 Å². The van der Waals surface area contributed by atoms with Crippen molar-refractivity contribution in [3.63, 3.8) is 0 Å². The van der Waals surface area contributed by atoms with E-state index < -0.39 is 0 Å². The van der Waals surface area contributed by atoms with Crippen LogP contribution >= 0.6 is 0 Å². The van der Waals surface area contributed by atoms with Crippen LogP contribution in [-0.2, 0) is 0 Å². The summed E-state index contributed by atoms with van der Waals surface area (Å²) in [5, 5.41) is 8.97. The highest BCUT2D eigenvalue weighted by Gasteiger charge is 2.15. The third kappa shape index (κ3) is 2.13. The molecular formula is C13H13N3O. The smallest absolute Gasteiger partial charge is 0.234 e. The van der Waals surface area contributed by atoms with Gasteiger partial charge in [0.15, 0.2) is 0 Å². The van der Waals surface area contributed by atoms with Crippen LogP contribution in [0.15, 0.2) is 28.7 Å². The number of hydrogen-bond acceptors (Lipinski definition) is 4. The third-order valence-corrected chi connectivity index (χ3v) is 2.42. The van der Waals surface area contributed by atoms with E-state index in [0.717, 1.165) is 5.56 Å². The van der Waals surface area contributed by atoms with Crippen molar-refractivity contribution in [2.75, 3.05) is 19.0 Å². The van der Waals surface area contributed by atoms with Gasteiger partial charge in [0.25, 0.3) is 0 Å². The minimum absolute atomic E-state index is 0.311. The zero-order valence-corrected chi connectivity index (χ0v) is 10.1. The summed E-state index contributed by atoms with van der Waals surface area (Å²) in [6.07, 6.45) is 0. The summed E-state index contributed by atoms with van der Waals surface area (Å²) >= 11 is 0. The van der Waals surface area contributed by atoms with Crippen molar-refractivity contribution in [3.8, 4) is 17.5 Å². The molecule has 17 heavy (non-hydrogen) atoms. The van der Waals surface area contributed by atoms with Gasteiger partial charge >= 0.3 is 0 Å². The third-order valence-electron chi connectivity index (χ3n) is 2.42. The van der Waals surface area contributed by atoms with Gasteiger partial charge < -0.3 is 9.32 Å². The predicted molar refractivity (Wildman–Crippen MR) is 65.7 cm³/mol. The molecule has 0 spiro atoms. The number of aryl methyl sites for hydroxylation is 1. The van der Waals surface area contributed by atoms with Crippen molar-refractivity contribution in [3.05, 3.63) is 35.5 Å². The number of nitriles is 1. The molecule has 2 rings (SSSR count). The minimum atomic E-state index is 0.311. The summed E-state index contributed by atoms with van der Waals surface area (Å²) in [5.41, 5.74) is 2.36. The summed E-state index contributed by atoms with van der Waals surface area (Å²) in [6, 6.07) is 9.87. The van der Waals surface area contributed by atoms with Crippen molar-refractivity contribution in [2.24, 2.45) is 0 Å². The normalized spacial score (nSPS) is 10.0. The maximum absolute atomic E-state index is 8.97. The van der Waals surface area contributed by atoms with Crippen LogP contribution < -0.4 is 4.90 Å². The summed E-state index contributed by atoms with van der Waals surface area (Å²) in [4.78, 5) is 5.92. The molecule has 0 saturated carbocycles. The monoisotopic (exact) mass is 227 g/mol. The molecule has 1 aromatic carbocycles. The van der Waals surface area contributed by atoms with Crippen LogP contribution in [0.4, 0.5) is 5.88 Å². The Morgan fingerprint density at radius 3 is 2.35 bits per heavy atom. The molecule has 4 nitrogen and oxygen atoms in total. The van der Waals surface area contributed by atoms with Gasteiger partial charge in [-0.3, -0.25) is 0 Å². The van der Waals surface area contributed by atoms with E-state index in [1.165, 1.54) is 5.56 Å². The molecule has 86 valence electrons. The topological polar surface area (TPSA) is 53.1 Å². The van der Waals surface area contributed by atoms with E-state index in [4.69, 9.17) is 9.68 Å². The van der Waals surface area contributed by atoms with Crippen molar-refractivity contribution in [1.29, 1.82) is 5.26 Å². The van der Waals surface area contributed by atoms with Gasteiger partial charge in [0.05, 0.1) is 0 Å². The Kier molecular flexibility index (Phi) is 2.84. The number of anilines is 1. The Balaban J connectivity index is 2.47. The number of rotatable bonds is 2. The summed E-state index contributed by atoms with van der Waals surface area (Å²) < 4.78 is 5.59. The highest BCUT2D eigenvalue weighted by molar-refractivity contribution is 5.59. The quantitative estimate of drug-likeness (QED) is 0.791. The fourth-order valence-electron chi connectivity index (χ4n) is 1.51. The average molecular weight is 227 g/mol. The Hall–Kier alpha value is -2.28. The lowest BCUT2D eigenvalue weighted by Crippen LogP contribution is -2.08. The maximum Gasteiger partial charge on any atom is 0.234 e. The van der Waals surface area contributed by atoms with Gasteiger partial charge in [-0.05, 0) is 19.1 Å². The molecule has 1 heterocycles. The van der Waals surface area contributed by atoms with Crippen LogP contribution in [0, 0.1) is 18.3 Å². The van der Waals surface area contributed by atoms with Crippen molar-refractivity contribution in [2.45, 2.75) is 6.92 Å². The zero-order valence-electron chi connectivity index (χ0n) is 10.1. The van der Waals surface area contributed by atoms with E-state index in [-0.39, 0.29) is 0 Å². The second-order valence-electron chi connectivity index (χ2n) is 4.05. The first-order chi connectivity index (χ1) is 8.11. The lowest BCUT2D eigenvalue weighted by atomic mass is 10.1. The van der Waals surface area contributed by atoms with E-state index >= 15 is 0 Å². The molecule has 0 bridgehead atoms. The van der Waals surface area contributed by atoms with E-state index in [0.29, 0.717) is 17.5 Å². The second-order valence-corrected chi connectivity index (χ2v) is 4.05. The highest BCUT2D eigenvalue weighted by atomic mass is 16.4. The Morgan fingerprint density at radius 2 is 1.88 bits per heavy atom. The van der Waals surface area contributed by atoms with E-state index in [9.17, 15) is 0 Å². The molecule has 0 fully saturated rings. The number of hydrogen-bond donors (Lipinski definition) is 0. The molecule has 0 unspecified atom stereocenters. The van der Waals surface area contributed by atoms with Gasteiger partial charge in [0.2, 0.25) is 17.5 Å². The van der Waals surface area contributed by atoms with Gasteiger partial charge in [-0.2, -0.15) is 10.2 Å². The second kappa shape index (κ2) is 4.30. The molecule has 0 N–H and O–H groups in total. The van der Waals surface area contributed by atoms with Gasteiger partial charge in [0.1, 0.15) is 6.07 Å². The molecule has 0 radical (unpaired) electrons. The summed E-state index contributed by atoms with van der Waals surface area (Å²) in [5.74, 6) is 0.966. The van der Waals surface area contributed by atoms with Crippen LogP contribution in [0.3, 0.4) is 0 Å².